The summed E-state index contributed by atoms with van der Waals surface area (Å²) < 4.78 is 26.9. The molecule has 0 N–H and O–H groups in total. The van der Waals surface area contributed by atoms with Gasteiger partial charge in [0.1, 0.15) is 5.82 Å². The first-order valence-electron chi connectivity index (χ1n) is 3.63. The summed E-state index contributed by atoms with van der Waals surface area (Å²) in [4.78, 5) is 10.4. The van der Waals surface area contributed by atoms with Gasteiger partial charge < -0.3 is 0 Å². The molecule has 2 nitrogen and oxygen atoms in total. The highest BCUT2D eigenvalue weighted by Gasteiger charge is 2.07. The largest absolute Gasteiger partial charge is 0.287 e. The molecule has 0 aliphatic heterocycles. The van der Waals surface area contributed by atoms with E-state index in [1.165, 1.54) is 18.3 Å². The smallest absolute Gasteiger partial charge is 0.218 e. The standard InChI is InChI=1S/C9H5F2NO/c10-7-3-6-1-2-12(5-13)9(6)8(11)4-7/h1-5H. The quantitative estimate of drug-likeness (QED) is 0.616. The molecule has 1 aromatic carbocycles. The number of hydrogen-bond donors (Lipinski definition) is 0. The topological polar surface area (TPSA) is 22.0 Å². The Hall–Kier alpha value is -1.71. The number of rotatable bonds is 1. The molecule has 0 fully saturated rings. The summed E-state index contributed by atoms with van der Waals surface area (Å²) in [7, 11) is 0. The maximum absolute atomic E-state index is 13.1. The van der Waals surface area contributed by atoms with Gasteiger partial charge in [0.25, 0.3) is 0 Å². The van der Waals surface area contributed by atoms with Gasteiger partial charge in [-0.1, -0.05) is 0 Å². The zero-order valence-electron chi connectivity index (χ0n) is 6.50. The second-order valence-electron chi connectivity index (χ2n) is 2.65. The Morgan fingerprint density at radius 3 is 2.77 bits per heavy atom. The third-order valence-corrected chi connectivity index (χ3v) is 1.84. The van der Waals surface area contributed by atoms with Gasteiger partial charge in [-0.3, -0.25) is 9.36 Å². The average Bonchev–Trinajstić information content (AvgIpc) is 2.47. The van der Waals surface area contributed by atoms with Crippen LogP contribution in [0.3, 0.4) is 0 Å². The molecule has 0 amide bonds. The molecular formula is C9H5F2NO. The van der Waals surface area contributed by atoms with Crippen molar-refractivity contribution < 1.29 is 13.6 Å². The van der Waals surface area contributed by atoms with Crippen molar-refractivity contribution >= 4 is 17.3 Å². The van der Waals surface area contributed by atoms with E-state index in [9.17, 15) is 13.6 Å². The van der Waals surface area contributed by atoms with Crippen molar-refractivity contribution in [3.05, 3.63) is 36.0 Å². The minimum absolute atomic E-state index is 0.108. The fraction of sp³-hybridized carbons (Fsp3) is 0. The van der Waals surface area contributed by atoms with Crippen LogP contribution in [0.1, 0.15) is 0 Å². The van der Waals surface area contributed by atoms with Crippen LogP contribution in [0.4, 0.5) is 8.78 Å². The molecule has 4 heteroatoms. The van der Waals surface area contributed by atoms with Crippen molar-refractivity contribution in [3.63, 3.8) is 0 Å². The molecular weight excluding hydrogens is 176 g/mol. The number of benzene rings is 1. The highest BCUT2D eigenvalue weighted by molar-refractivity contribution is 5.85. The molecule has 0 aliphatic rings. The van der Waals surface area contributed by atoms with Crippen molar-refractivity contribution in [1.29, 1.82) is 0 Å². The van der Waals surface area contributed by atoms with Crippen molar-refractivity contribution in [2.45, 2.75) is 0 Å². The molecule has 0 saturated heterocycles. The summed E-state index contributed by atoms with van der Waals surface area (Å²) in [6, 6.07) is 3.41. The number of hydrogen-bond acceptors (Lipinski definition) is 1. The third kappa shape index (κ3) is 1.11. The van der Waals surface area contributed by atoms with E-state index >= 15 is 0 Å². The lowest BCUT2D eigenvalue weighted by molar-refractivity contribution is 0.546. The van der Waals surface area contributed by atoms with Crippen molar-refractivity contribution in [2.75, 3.05) is 0 Å². The lowest BCUT2D eigenvalue weighted by atomic mass is 10.2. The lowest BCUT2D eigenvalue weighted by Gasteiger charge is -1.96. The number of carbonyl (C=O) groups is 1. The monoisotopic (exact) mass is 181 g/mol. The number of fused-ring (bicyclic) bond motifs is 1. The summed E-state index contributed by atoms with van der Waals surface area (Å²) in [6.07, 6.45) is 1.86. The van der Waals surface area contributed by atoms with E-state index in [1.54, 1.807) is 0 Å². The van der Waals surface area contributed by atoms with Crippen LogP contribution >= 0.6 is 0 Å². The van der Waals surface area contributed by atoms with E-state index in [0.29, 0.717) is 11.8 Å². The predicted molar refractivity (Wildman–Crippen MR) is 44.0 cm³/mol. The molecule has 66 valence electrons. The second kappa shape index (κ2) is 2.65. The van der Waals surface area contributed by atoms with Crippen molar-refractivity contribution in [3.8, 4) is 0 Å². The van der Waals surface area contributed by atoms with Crippen LogP contribution in [-0.4, -0.2) is 11.0 Å². The second-order valence-corrected chi connectivity index (χ2v) is 2.65. The number of aromatic nitrogens is 1. The molecule has 0 atom stereocenters. The maximum atomic E-state index is 13.1. The molecule has 0 spiro atoms. The molecule has 2 rings (SSSR count). The fourth-order valence-corrected chi connectivity index (χ4v) is 1.31. The van der Waals surface area contributed by atoms with Gasteiger partial charge in [0.05, 0.1) is 5.52 Å². The SMILES string of the molecule is O=Cn1ccc2cc(F)cc(F)c21. The predicted octanol–water partition coefficient (Wildman–Crippen LogP) is 1.96. The van der Waals surface area contributed by atoms with Crippen molar-refractivity contribution in [1.82, 2.24) is 4.57 Å². The van der Waals surface area contributed by atoms with Gasteiger partial charge in [-0.25, -0.2) is 8.78 Å². The maximum Gasteiger partial charge on any atom is 0.218 e. The third-order valence-electron chi connectivity index (χ3n) is 1.84. The van der Waals surface area contributed by atoms with Crippen LogP contribution in [0.25, 0.3) is 10.9 Å². The normalized spacial score (nSPS) is 10.6. The summed E-state index contributed by atoms with van der Waals surface area (Å²) in [5, 5.41) is 0.379. The Kier molecular flexibility index (Phi) is 1.62. The van der Waals surface area contributed by atoms with E-state index in [-0.39, 0.29) is 5.52 Å². The van der Waals surface area contributed by atoms with E-state index in [0.717, 1.165) is 10.6 Å². The van der Waals surface area contributed by atoms with Crippen LogP contribution in [0, 0.1) is 11.6 Å². The van der Waals surface area contributed by atoms with Gasteiger partial charge in [-0.2, -0.15) is 0 Å². The molecule has 0 saturated carbocycles. The molecule has 0 aliphatic carbocycles. The summed E-state index contributed by atoms with van der Waals surface area (Å²) >= 11 is 0. The Bertz CT molecular complexity index is 476. The first kappa shape index (κ1) is 7.91. The van der Waals surface area contributed by atoms with E-state index < -0.39 is 11.6 Å². The van der Waals surface area contributed by atoms with Gasteiger partial charge in [0.15, 0.2) is 5.82 Å². The fourth-order valence-electron chi connectivity index (χ4n) is 1.31. The zero-order valence-corrected chi connectivity index (χ0v) is 6.50. The lowest BCUT2D eigenvalue weighted by Crippen LogP contribution is -1.94. The Morgan fingerprint density at radius 1 is 1.31 bits per heavy atom. The van der Waals surface area contributed by atoms with E-state index in [1.807, 2.05) is 0 Å². The molecule has 1 heterocycles. The molecule has 2 aromatic rings. The van der Waals surface area contributed by atoms with Crippen LogP contribution in [0.2, 0.25) is 0 Å². The highest BCUT2D eigenvalue weighted by atomic mass is 19.1. The van der Waals surface area contributed by atoms with Crippen LogP contribution < -0.4 is 0 Å². The Morgan fingerprint density at radius 2 is 2.08 bits per heavy atom. The summed E-state index contributed by atoms with van der Waals surface area (Å²) in [5.74, 6) is -1.37. The highest BCUT2D eigenvalue weighted by Crippen LogP contribution is 2.19. The number of carbonyl (C=O) groups excluding carboxylic acids is 1. The molecule has 13 heavy (non-hydrogen) atoms. The Balaban J connectivity index is 2.89. The van der Waals surface area contributed by atoms with Gasteiger partial charge in [-0.15, -0.1) is 0 Å². The summed E-state index contributed by atoms with van der Waals surface area (Å²) in [5.41, 5.74) is 0.108. The van der Waals surface area contributed by atoms with E-state index in [4.69, 9.17) is 0 Å². The number of nitrogens with zero attached hydrogens (tertiary/aromatic N) is 1. The van der Waals surface area contributed by atoms with Gasteiger partial charge in [0.2, 0.25) is 6.41 Å². The van der Waals surface area contributed by atoms with Gasteiger partial charge in [0, 0.05) is 17.6 Å². The zero-order chi connectivity index (χ0) is 9.42. The van der Waals surface area contributed by atoms with Gasteiger partial charge >= 0.3 is 0 Å². The first-order valence-corrected chi connectivity index (χ1v) is 3.63. The minimum atomic E-state index is -0.730. The summed E-state index contributed by atoms with van der Waals surface area (Å²) in [6.45, 7) is 0. The Labute approximate surface area is 72.4 Å². The minimum Gasteiger partial charge on any atom is -0.287 e. The first-order chi connectivity index (χ1) is 6.22. The molecule has 0 radical (unpaired) electrons. The molecule has 0 bridgehead atoms. The van der Waals surface area contributed by atoms with Crippen molar-refractivity contribution in [2.24, 2.45) is 0 Å². The van der Waals surface area contributed by atoms with E-state index in [2.05, 4.69) is 0 Å². The van der Waals surface area contributed by atoms with Crippen LogP contribution in [-0.2, 0) is 4.79 Å². The molecule has 0 unspecified atom stereocenters. The van der Waals surface area contributed by atoms with Gasteiger partial charge in [-0.05, 0) is 12.1 Å². The van der Waals surface area contributed by atoms with Crippen LogP contribution in [0.5, 0.6) is 0 Å². The average molecular weight is 181 g/mol. The van der Waals surface area contributed by atoms with Crippen LogP contribution in [0.15, 0.2) is 24.4 Å². The number of halogens is 2. The molecule has 1 aromatic heterocycles.